The Kier molecular flexibility index (Phi) is 7.53. The molecule has 0 radical (unpaired) electrons. The number of halogens is 1. The van der Waals surface area contributed by atoms with Crippen LogP contribution in [0.1, 0.15) is 24.8 Å². The van der Waals surface area contributed by atoms with Crippen LogP contribution in [0.25, 0.3) is 0 Å². The largest absolute Gasteiger partial charge is 0.385 e. The van der Waals surface area contributed by atoms with Gasteiger partial charge in [-0.05, 0) is 37.0 Å². The minimum atomic E-state index is 0.00660. The number of carbonyl (C=O) groups is 2. The predicted octanol–water partition coefficient (Wildman–Crippen LogP) is 2.27. The Morgan fingerprint density at radius 1 is 1.25 bits per heavy atom. The lowest BCUT2D eigenvalue weighted by molar-refractivity contribution is -0.135. The average Bonchev–Trinajstić information content (AvgIpc) is 2.60. The summed E-state index contributed by atoms with van der Waals surface area (Å²) in [5.74, 6) is 0.208. The number of amides is 2. The summed E-state index contributed by atoms with van der Waals surface area (Å²) in [5.41, 5.74) is 0.961. The zero-order valence-electron chi connectivity index (χ0n) is 14.1. The fraction of sp³-hybridized carbons (Fsp3) is 0.556. The van der Waals surface area contributed by atoms with E-state index >= 15 is 0 Å². The summed E-state index contributed by atoms with van der Waals surface area (Å²) in [6.45, 7) is 2.57. The van der Waals surface area contributed by atoms with Crippen molar-refractivity contribution >= 4 is 23.4 Å². The molecule has 1 aliphatic rings. The van der Waals surface area contributed by atoms with Gasteiger partial charge < -0.3 is 15.0 Å². The third kappa shape index (κ3) is 5.80. The number of nitrogens with zero attached hydrogens (tertiary/aromatic N) is 1. The molecule has 1 heterocycles. The van der Waals surface area contributed by atoms with Gasteiger partial charge in [0, 0.05) is 44.3 Å². The highest BCUT2D eigenvalue weighted by molar-refractivity contribution is 6.30. The van der Waals surface area contributed by atoms with Crippen molar-refractivity contribution < 1.29 is 14.3 Å². The molecule has 0 atom stereocenters. The highest BCUT2D eigenvalue weighted by Crippen LogP contribution is 2.19. The van der Waals surface area contributed by atoms with Crippen LogP contribution in [0.2, 0.25) is 5.02 Å². The van der Waals surface area contributed by atoms with Crippen molar-refractivity contribution in [3.63, 3.8) is 0 Å². The first-order chi connectivity index (χ1) is 11.6. The van der Waals surface area contributed by atoms with Crippen molar-refractivity contribution in [2.24, 2.45) is 5.92 Å². The fourth-order valence-electron chi connectivity index (χ4n) is 2.85. The lowest BCUT2D eigenvalue weighted by Gasteiger charge is -2.31. The van der Waals surface area contributed by atoms with Crippen molar-refractivity contribution in [2.45, 2.75) is 25.7 Å². The van der Waals surface area contributed by atoms with Crippen molar-refractivity contribution in [2.75, 3.05) is 33.4 Å². The molecule has 2 amide bonds. The normalized spacial score (nSPS) is 15.3. The van der Waals surface area contributed by atoms with Crippen LogP contribution in [-0.4, -0.2) is 50.1 Å². The van der Waals surface area contributed by atoms with E-state index < -0.39 is 0 Å². The smallest absolute Gasteiger partial charge is 0.226 e. The SMILES string of the molecule is COCCCNC(=O)C1CCN(C(=O)Cc2ccc(Cl)cc2)CC1. The van der Waals surface area contributed by atoms with Gasteiger partial charge in [-0.1, -0.05) is 23.7 Å². The van der Waals surface area contributed by atoms with E-state index in [2.05, 4.69) is 5.32 Å². The number of benzene rings is 1. The van der Waals surface area contributed by atoms with Crippen LogP contribution in [0.5, 0.6) is 0 Å². The zero-order valence-corrected chi connectivity index (χ0v) is 14.8. The number of nitrogens with one attached hydrogen (secondary N) is 1. The second kappa shape index (κ2) is 9.64. The second-order valence-corrected chi connectivity index (χ2v) is 6.53. The van der Waals surface area contributed by atoms with E-state index in [1.807, 2.05) is 17.0 Å². The van der Waals surface area contributed by atoms with Crippen LogP contribution < -0.4 is 5.32 Å². The Labute approximate surface area is 148 Å². The van der Waals surface area contributed by atoms with E-state index in [-0.39, 0.29) is 17.7 Å². The third-order valence-corrected chi connectivity index (χ3v) is 4.56. The minimum absolute atomic E-state index is 0.00660. The van der Waals surface area contributed by atoms with Gasteiger partial charge in [-0.2, -0.15) is 0 Å². The van der Waals surface area contributed by atoms with Crippen molar-refractivity contribution in [1.82, 2.24) is 10.2 Å². The van der Waals surface area contributed by atoms with Crippen LogP contribution in [0.4, 0.5) is 0 Å². The molecule has 0 spiro atoms. The van der Waals surface area contributed by atoms with E-state index in [0.717, 1.165) is 24.8 Å². The molecule has 132 valence electrons. The van der Waals surface area contributed by atoms with Gasteiger partial charge in [0.15, 0.2) is 0 Å². The fourth-order valence-corrected chi connectivity index (χ4v) is 2.98. The standard InChI is InChI=1S/C18H25ClN2O3/c1-24-12-2-9-20-18(23)15-7-10-21(11-8-15)17(22)13-14-3-5-16(19)6-4-14/h3-6,15H,2,7-13H2,1H3,(H,20,23). The van der Waals surface area contributed by atoms with Gasteiger partial charge >= 0.3 is 0 Å². The molecule has 0 bridgehead atoms. The Hall–Kier alpha value is -1.59. The highest BCUT2D eigenvalue weighted by atomic mass is 35.5. The molecule has 0 unspecified atom stereocenters. The molecule has 1 saturated heterocycles. The molecular formula is C18H25ClN2O3. The van der Waals surface area contributed by atoms with Crippen LogP contribution in [0.15, 0.2) is 24.3 Å². The topological polar surface area (TPSA) is 58.6 Å². The molecule has 6 heteroatoms. The maximum absolute atomic E-state index is 12.4. The molecule has 0 aliphatic carbocycles. The van der Waals surface area contributed by atoms with Gasteiger partial charge in [-0.3, -0.25) is 9.59 Å². The second-order valence-electron chi connectivity index (χ2n) is 6.10. The van der Waals surface area contributed by atoms with Gasteiger partial charge in [0.05, 0.1) is 6.42 Å². The summed E-state index contributed by atoms with van der Waals surface area (Å²) in [6.07, 6.45) is 2.65. The van der Waals surface area contributed by atoms with Crippen molar-refractivity contribution in [3.05, 3.63) is 34.9 Å². The van der Waals surface area contributed by atoms with Gasteiger partial charge in [0.2, 0.25) is 11.8 Å². The molecule has 1 fully saturated rings. The monoisotopic (exact) mass is 352 g/mol. The van der Waals surface area contributed by atoms with Crippen molar-refractivity contribution in [1.29, 1.82) is 0 Å². The first kappa shape index (κ1) is 18.7. The first-order valence-corrected chi connectivity index (χ1v) is 8.77. The molecule has 1 aliphatic heterocycles. The number of hydrogen-bond acceptors (Lipinski definition) is 3. The summed E-state index contributed by atoms with van der Waals surface area (Å²) in [7, 11) is 1.65. The van der Waals surface area contributed by atoms with E-state index in [0.29, 0.717) is 37.7 Å². The van der Waals surface area contributed by atoms with Crippen LogP contribution in [0.3, 0.4) is 0 Å². The minimum Gasteiger partial charge on any atom is -0.385 e. The number of rotatable bonds is 7. The lowest BCUT2D eigenvalue weighted by Crippen LogP contribution is -2.43. The molecule has 0 aromatic heterocycles. The molecule has 1 aromatic rings. The van der Waals surface area contributed by atoms with Gasteiger partial charge in [-0.15, -0.1) is 0 Å². The van der Waals surface area contributed by atoms with Crippen LogP contribution >= 0.6 is 11.6 Å². The van der Waals surface area contributed by atoms with Crippen LogP contribution in [0, 0.1) is 5.92 Å². The number of methoxy groups -OCH3 is 1. The molecule has 5 nitrogen and oxygen atoms in total. The van der Waals surface area contributed by atoms with Crippen LogP contribution in [-0.2, 0) is 20.7 Å². The first-order valence-electron chi connectivity index (χ1n) is 8.39. The van der Waals surface area contributed by atoms with Gasteiger partial charge in [0.25, 0.3) is 0 Å². The zero-order chi connectivity index (χ0) is 17.4. The van der Waals surface area contributed by atoms with Crippen molar-refractivity contribution in [3.8, 4) is 0 Å². The molecule has 1 N–H and O–H groups in total. The third-order valence-electron chi connectivity index (χ3n) is 4.31. The van der Waals surface area contributed by atoms with E-state index in [1.54, 1.807) is 19.2 Å². The lowest BCUT2D eigenvalue weighted by atomic mass is 9.95. The molecular weight excluding hydrogens is 328 g/mol. The van der Waals surface area contributed by atoms with E-state index in [1.165, 1.54) is 0 Å². The summed E-state index contributed by atoms with van der Waals surface area (Å²) < 4.78 is 4.96. The highest BCUT2D eigenvalue weighted by Gasteiger charge is 2.26. The average molecular weight is 353 g/mol. The summed E-state index contributed by atoms with van der Waals surface area (Å²) in [5, 5.41) is 3.61. The molecule has 2 rings (SSSR count). The predicted molar refractivity (Wildman–Crippen MR) is 94.0 cm³/mol. The number of hydrogen-bond donors (Lipinski definition) is 1. The maximum Gasteiger partial charge on any atom is 0.226 e. The van der Waals surface area contributed by atoms with Gasteiger partial charge in [-0.25, -0.2) is 0 Å². The molecule has 24 heavy (non-hydrogen) atoms. The Bertz CT molecular complexity index is 540. The van der Waals surface area contributed by atoms with Gasteiger partial charge in [0.1, 0.15) is 0 Å². The summed E-state index contributed by atoms with van der Waals surface area (Å²) >= 11 is 5.86. The molecule has 1 aromatic carbocycles. The summed E-state index contributed by atoms with van der Waals surface area (Å²) in [6, 6.07) is 7.34. The Balaban J connectivity index is 1.72. The molecule has 0 saturated carbocycles. The number of carbonyl (C=O) groups excluding carboxylic acids is 2. The van der Waals surface area contributed by atoms with E-state index in [4.69, 9.17) is 16.3 Å². The number of ether oxygens (including phenoxy) is 1. The maximum atomic E-state index is 12.4. The number of piperidine rings is 1. The Morgan fingerprint density at radius 2 is 1.92 bits per heavy atom. The quantitative estimate of drug-likeness (QED) is 0.766. The Morgan fingerprint density at radius 3 is 2.54 bits per heavy atom. The number of likely N-dealkylation sites (tertiary alicyclic amines) is 1. The summed E-state index contributed by atoms with van der Waals surface area (Å²) in [4.78, 5) is 26.3. The van der Waals surface area contributed by atoms with E-state index in [9.17, 15) is 9.59 Å².